The third-order valence-corrected chi connectivity index (χ3v) is 2.54. The number of amides is 2. The highest BCUT2D eigenvalue weighted by Crippen LogP contribution is 2.19. The summed E-state index contributed by atoms with van der Waals surface area (Å²) in [6, 6.07) is 7.60. The van der Waals surface area contributed by atoms with Crippen molar-refractivity contribution in [3.8, 4) is 0 Å². The molecular weight excluding hydrogens is 196 g/mol. The monoisotopic (exact) mass is 210 g/mol. The molecule has 76 valence electrons. The normalized spacial score (nSPS) is 9.57. The molecule has 0 saturated heterocycles. The van der Waals surface area contributed by atoms with E-state index in [-0.39, 0.29) is 6.03 Å². The highest BCUT2D eigenvalue weighted by Gasteiger charge is 1.97. The van der Waals surface area contributed by atoms with E-state index in [1.165, 1.54) is 4.90 Å². The lowest BCUT2D eigenvalue weighted by Gasteiger charge is -2.04. The molecule has 0 radical (unpaired) electrons. The number of benzene rings is 1. The van der Waals surface area contributed by atoms with Crippen LogP contribution in [0.2, 0.25) is 0 Å². The predicted octanol–water partition coefficient (Wildman–Crippen LogP) is 2.55. The summed E-state index contributed by atoms with van der Waals surface area (Å²) in [6.45, 7) is 2.11. The van der Waals surface area contributed by atoms with Crippen LogP contribution in [0.25, 0.3) is 0 Å². The molecule has 3 nitrogen and oxygen atoms in total. The molecule has 0 unspecified atom stereocenters. The van der Waals surface area contributed by atoms with Crippen LogP contribution in [0.1, 0.15) is 6.92 Å². The van der Waals surface area contributed by atoms with Crippen molar-refractivity contribution in [3.05, 3.63) is 24.3 Å². The molecule has 2 N–H and O–H groups in total. The fourth-order valence-corrected chi connectivity index (χ4v) is 1.66. The molecule has 14 heavy (non-hydrogen) atoms. The Labute approximate surface area is 88.3 Å². The lowest BCUT2D eigenvalue weighted by molar-refractivity contribution is 0.254. The van der Waals surface area contributed by atoms with E-state index >= 15 is 0 Å². The molecule has 2 amide bonds. The Bertz CT molecular complexity index is 297. The highest BCUT2D eigenvalue weighted by molar-refractivity contribution is 7.99. The maximum atomic E-state index is 11.0. The molecule has 1 rings (SSSR count). The first-order valence-corrected chi connectivity index (χ1v) is 5.46. The van der Waals surface area contributed by atoms with Gasteiger partial charge in [-0.15, -0.1) is 11.8 Å². The van der Waals surface area contributed by atoms with Crippen molar-refractivity contribution in [2.24, 2.45) is 0 Å². The second-order valence-electron chi connectivity index (χ2n) is 2.66. The lowest BCUT2D eigenvalue weighted by Crippen LogP contribution is -2.24. The van der Waals surface area contributed by atoms with Crippen molar-refractivity contribution in [1.29, 1.82) is 0 Å². The average Bonchev–Trinajstić information content (AvgIpc) is 2.21. The first kappa shape index (κ1) is 10.9. The van der Waals surface area contributed by atoms with Crippen LogP contribution in [0.5, 0.6) is 0 Å². The molecule has 0 aliphatic carbocycles. The van der Waals surface area contributed by atoms with Gasteiger partial charge in [0.1, 0.15) is 0 Å². The van der Waals surface area contributed by atoms with Gasteiger partial charge in [0.25, 0.3) is 0 Å². The summed E-state index contributed by atoms with van der Waals surface area (Å²) in [4.78, 5) is 12.2. The van der Waals surface area contributed by atoms with Crippen molar-refractivity contribution in [2.45, 2.75) is 11.8 Å². The number of carbonyl (C=O) groups excluding carboxylic acids is 1. The standard InChI is InChI=1S/C10H14N2OS/c1-3-14-9-6-4-8(5-7-9)12-10(13)11-2/h4-7H,3H2,1-2H3,(H2,11,12,13). The molecule has 0 spiro atoms. The lowest BCUT2D eigenvalue weighted by atomic mass is 10.3. The summed E-state index contributed by atoms with van der Waals surface area (Å²) < 4.78 is 0. The van der Waals surface area contributed by atoms with E-state index in [1.807, 2.05) is 24.3 Å². The van der Waals surface area contributed by atoms with Gasteiger partial charge in [0.2, 0.25) is 0 Å². The number of carbonyl (C=O) groups is 1. The SMILES string of the molecule is CCSc1ccc(NC(=O)NC)cc1. The average molecular weight is 210 g/mol. The van der Waals surface area contributed by atoms with Gasteiger partial charge in [0.05, 0.1) is 0 Å². The second kappa shape index (κ2) is 5.54. The van der Waals surface area contributed by atoms with Crippen LogP contribution in [-0.4, -0.2) is 18.8 Å². The molecule has 0 saturated carbocycles. The summed E-state index contributed by atoms with van der Waals surface area (Å²) >= 11 is 1.78. The minimum Gasteiger partial charge on any atom is -0.341 e. The maximum absolute atomic E-state index is 11.0. The minimum absolute atomic E-state index is 0.194. The summed E-state index contributed by atoms with van der Waals surface area (Å²) in [6.07, 6.45) is 0. The zero-order chi connectivity index (χ0) is 10.4. The minimum atomic E-state index is -0.194. The van der Waals surface area contributed by atoms with Gasteiger partial charge >= 0.3 is 6.03 Å². The summed E-state index contributed by atoms with van der Waals surface area (Å²) in [7, 11) is 1.59. The Kier molecular flexibility index (Phi) is 4.32. The van der Waals surface area contributed by atoms with Crippen molar-refractivity contribution in [2.75, 3.05) is 18.1 Å². The van der Waals surface area contributed by atoms with Crippen LogP contribution in [-0.2, 0) is 0 Å². The van der Waals surface area contributed by atoms with Gasteiger partial charge in [0.15, 0.2) is 0 Å². The molecular formula is C10H14N2OS. The summed E-state index contributed by atoms with van der Waals surface area (Å²) in [5, 5.41) is 5.20. The Morgan fingerprint density at radius 3 is 2.50 bits per heavy atom. The predicted molar refractivity (Wildman–Crippen MR) is 60.9 cm³/mol. The second-order valence-corrected chi connectivity index (χ2v) is 4.00. The van der Waals surface area contributed by atoms with Crippen LogP contribution in [0.4, 0.5) is 10.5 Å². The van der Waals surface area contributed by atoms with E-state index < -0.39 is 0 Å². The fraction of sp³-hybridized carbons (Fsp3) is 0.300. The zero-order valence-corrected chi connectivity index (χ0v) is 9.15. The van der Waals surface area contributed by atoms with Gasteiger partial charge in [-0.1, -0.05) is 6.92 Å². The maximum Gasteiger partial charge on any atom is 0.318 e. The van der Waals surface area contributed by atoms with Gasteiger partial charge in [-0.05, 0) is 30.0 Å². The van der Waals surface area contributed by atoms with Gasteiger partial charge in [0, 0.05) is 17.6 Å². The van der Waals surface area contributed by atoms with Gasteiger partial charge in [-0.25, -0.2) is 4.79 Å². The van der Waals surface area contributed by atoms with Crippen molar-refractivity contribution < 1.29 is 4.79 Å². The number of hydrogen-bond acceptors (Lipinski definition) is 2. The number of rotatable bonds is 3. The molecule has 0 fully saturated rings. The molecule has 0 aliphatic heterocycles. The Hall–Kier alpha value is -1.16. The third kappa shape index (κ3) is 3.30. The van der Waals surface area contributed by atoms with E-state index in [4.69, 9.17) is 0 Å². The van der Waals surface area contributed by atoms with Gasteiger partial charge < -0.3 is 10.6 Å². The quantitative estimate of drug-likeness (QED) is 0.753. The Morgan fingerprint density at radius 2 is 2.00 bits per heavy atom. The van der Waals surface area contributed by atoms with Gasteiger partial charge in [-0.2, -0.15) is 0 Å². The fourth-order valence-electron chi connectivity index (χ4n) is 0.995. The van der Waals surface area contributed by atoms with Crippen LogP contribution >= 0.6 is 11.8 Å². The van der Waals surface area contributed by atoms with Crippen LogP contribution in [0.15, 0.2) is 29.2 Å². The van der Waals surface area contributed by atoms with E-state index in [0.717, 1.165) is 11.4 Å². The molecule has 1 aromatic carbocycles. The molecule has 0 aliphatic rings. The first-order valence-electron chi connectivity index (χ1n) is 4.48. The summed E-state index contributed by atoms with van der Waals surface area (Å²) in [5.74, 6) is 1.06. The molecule has 4 heteroatoms. The molecule has 0 bridgehead atoms. The smallest absolute Gasteiger partial charge is 0.318 e. The van der Waals surface area contributed by atoms with Crippen LogP contribution < -0.4 is 10.6 Å². The van der Waals surface area contributed by atoms with Gasteiger partial charge in [-0.3, -0.25) is 0 Å². The number of urea groups is 1. The van der Waals surface area contributed by atoms with Crippen LogP contribution in [0.3, 0.4) is 0 Å². The van der Waals surface area contributed by atoms with Crippen molar-refractivity contribution in [1.82, 2.24) is 5.32 Å². The van der Waals surface area contributed by atoms with E-state index in [1.54, 1.807) is 18.8 Å². The van der Waals surface area contributed by atoms with Crippen LogP contribution in [0, 0.1) is 0 Å². The van der Waals surface area contributed by atoms with Crippen molar-refractivity contribution >= 4 is 23.5 Å². The first-order chi connectivity index (χ1) is 6.76. The molecule has 0 atom stereocenters. The number of anilines is 1. The largest absolute Gasteiger partial charge is 0.341 e. The molecule has 1 aromatic rings. The highest BCUT2D eigenvalue weighted by atomic mass is 32.2. The third-order valence-electron chi connectivity index (χ3n) is 1.65. The van der Waals surface area contributed by atoms with E-state index in [0.29, 0.717) is 0 Å². The number of hydrogen-bond donors (Lipinski definition) is 2. The number of nitrogens with one attached hydrogen (secondary N) is 2. The Morgan fingerprint density at radius 1 is 1.36 bits per heavy atom. The Balaban J connectivity index is 2.59. The summed E-state index contributed by atoms with van der Waals surface area (Å²) in [5.41, 5.74) is 0.810. The topological polar surface area (TPSA) is 41.1 Å². The zero-order valence-electron chi connectivity index (χ0n) is 8.33. The molecule has 0 aromatic heterocycles. The van der Waals surface area contributed by atoms with Crippen molar-refractivity contribution in [3.63, 3.8) is 0 Å². The number of thioether (sulfide) groups is 1. The van der Waals surface area contributed by atoms with E-state index in [2.05, 4.69) is 17.6 Å². The molecule has 0 heterocycles. The van der Waals surface area contributed by atoms with E-state index in [9.17, 15) is 4.79 Å².